The van der Waals surface area contributed by atoms with Gasteiger partial charge in [-0.15, -0.1) is 0 Å². The van der Waals surface area contributed by atoms with Crippen molar-refractivity contribution in [3.63, 3.8) is 0 Å². The van der Waals surface area contributed by atoms with E-state index in [0.717, 1.165) is 41.8 Å². The van der Waals surface area contributed by atoms with Crippen LogP contribution < -0.4 is 5.32 Å². The summed E-state index contributed by atoms with van der Waals surface area (Å²) in [6.07, 6.45) is 0.788. The van der Waals surface area contributed by atoms with Crippen LogP contribution in [0.1, 0.15) is 11.1 Å². The summed E-state index contributed by atoms with van der Waals surface area (Å²) in [5.41, 5.74) is 4.00. The minimum atomic E-state index is -0.0668. The molecule has 0 aliphatic carbocycles. The zero-order valence-electron chi connectivity index (χ0n) is 9.54. The van der Waals surface area contributed by atoms with Crippen LogP contribution in [-0.4, -0.2) is 6.54 Å². The second-order valence-corrected chi connectivity index (χ2v) is 4.39. The maximum atomic E-state index is 14.0. The molecule has 2 heteroatoms. The number of nitrogens with one attached hydrogen (secondary N) is 1. The van der Waals surface area contributed by atoms with Crippen LogP contribution in [-0.2, 0) is 13.0 Å². The van der Waals surface area contributed by atoms with Crippen LogP contribution >= 0.6 is 0 Å². The lowest BCUT2D eigenvalue weighted by molar-refractivity contribution is 0.569. The average molecular weight is 227 g/mol. The first-order valence-electron chi connectivity index (χ1n) is 5.92. The van der Waals surface area contributed by atoms with Gasteiger partial charge in [0.15, 0.2) is 0 Å². The van der Waals surface area contributed by atoms with Gasteiger partial charge in [-0.2, -0.15) is 0 Å². The van der Waals surface area contributed by atoms with Crippen molar-refractivity contribution in [1.82, 2.24) is 5.32 Å². The summed E-state index contributed by atoms with van der Waals surface area (Å²) in [6, 6.07) is 13.7. The molecule has 0 amide bonds. The Morgan fingerprint density at radius 1 is 1.00 bits per heavy atom. The number of rotatable bonds is 1. The molecule has 0 aromatic heterocycles. The summed E-state index contributed by atoms with van der Waals surface area (Å²) in [6.45, 7) is 1.64. The van der Waals surface area contributed by atoms with Crippen LogP contribution in [0.5, 0.6) is 0 Å². The van der Waals surface area contributed by atoms with Crippen molar-refractivity contribution in [3.05, 3.63) is 59.4 Å². The third-order valence-electron chi connectivity index (χ3n) is 3.26. The van der Waals surface area contributed by atoms with Crippen molar-refractivity contribution in [2.45, 2.75) is 13.0 Å². The van der Waals surface area contributed by atoms with Gasteiger partial charge in [0.25, 0.3) is 0 Å². The molecule has 0 spiro atoms. The van der Waals surface area contributed by atoms with E-state index >= 15 is 0 Å². The van der Waals surface area contributed by atoms with E-state index in [0.29, 0.717) is 0 Å². The van der Waals surface area contributed by atoms with E-state index < -0.39 is 0 Å². The minimum absolute atomic E-state index is 0.0668. The van der Waals surface area contributed by atoms with Gasteiger partial charge in [0.1, 0.15) is 5.82 Å². The second-order valence-electron chi connectivity index (χ2n) is 4.39. The fourth-order valence-electron chi connectivity index (χ4n) is 2.36. The quantitative estimate of drug-likeness (QED) is 0.789. The molecule has 86 valence electrons. The molecule has 17 heavy (non-hydrogen) atoms. The predicted molar refractivity (Wildman–Crippen MR) is 67.2 cm³/mol. The molecule has 0 radical (unpaired) electrons. The molecule has 3 rings (SSSR count). The lowest BCUT2D eigenvalue weighted by Crippen LogP contribution is -2.24. The molecular formula is C15H14FN. The van der Waals surface area contributed by atoms with Gasteiger partial charge in [0.05, 0.1) is 0 Å². The second kappa shape index (κ2) is 4.30. The summed E-state index contributed by atoms with van der Waals surface area (Å²) < 4.78 is 14.0. The van der Waals surface area contributed by atoms with Gasteiger partial charge in [-0.05, 0) is 47.4 Å². The lowest BCUT2D eigenvalue weighted by atomic mass is 9.95. The fraction of sp³-hybridized carbons (Fsp3) is 0.200. The Balaban J connectivity index is 2.11. The Bertz CT molecular complexity index is 534. The summed E-state index contributed by atoms with van der Waals surface area (Å²) in [5, 5.41) is 3.28. The molecule has 2 aromatic carbocycles. The number of halogens is 1. The Kier molecular flexibility index (Phi) is 2.65. The lowest BCUT2D eigenvalue weighted by Gasteiger charge is -2.19. The van der Waals surface area contributed by atoms with Gasteiger partial charge in [-0.1, -0.05) is 30.3 Å². The smallest absolute Gasteiger partial charge is 0.127 e. The van der Waals surface area contributed by atoms with Gasteiger partial charge in [0.2, 0.25) is 0 Å². The first-order chi connectivity index (χ1) is 8.34. The van der Waals surface area contributed by atoms with E-state index in [4.69, 9.17) is 0 Å². The van der Waals surface area contributed by atoms with Crippen molar-refractivity contribution in [2.75, 3.05) is 6.54 Å². The number of hydrogen-bond donors (Lipinski definition) is 1. The molecule has 0 bridgehead atoms. The van der Waals surface area contributed by atoms with Crippen LogP contribution in [0.3, 0.4) is 0 Å². The molecule has 2 aromatic rings. The SMILES string of the molecule is Fc1cc(-c2ccccc2)cc2c1CCNC2. The van der Waals surface area contributed by atoms with Crippen LogP contribution in [0.2, 0.25) is 0 Å². The molecule has 1 nitrogen and oxygen atoms in total. The van der Waals surface area contributed by atoms with E-state index in [1.54, 1.807) is 6.07 Å². The van der Waals surface area contributed by atoms with E-state index in [-0.39, 0.29) is 5.82 Å². The first kappa shape index (κ1) is 10.5. The van der Waals surface area contributed by atoms with Crippen LogP contribution in [0.15, 0.2) is 42.5 Å². The van der Waals surface area contributed by atoms with Crippen molar-refractivity contribution in [3.8, 4) is 11.1 Å². The first-order valence-corrected chi connectivity index (χ1v) is 5.92. The van der Waals surface area contributed by atoms with Gasteiger partial charge in [0, 0.05) is 6.54 Å². The zero-order valence-corrected chi connectivity index (χ0v) is 9.54. The molecule has 0 atom stereocenters. The molecule has 0 saturated heterocycles. The molecule has 1 heterocycles. The highest BCUT2D eigenvalue weighted by Crippen LogP contribution is 2.26. The van der Waals surface area contributed by atoms with Crippen LogP contribution in [0, 0.1) is 5.82 Å². The molecule has 0 saturated carbocycles. The minimum Gasteiger partial charge on any atom is -0.312 e. The van der Waals surface area contributed by atoms with E-state index in [2.05, 4.69) is 11.4 Å². The Labute approximate surface area is 100 Å². The standard InChI is InChI=1S/C15H14FN/c16-15-9-12(11-4-2-1-3-5-11)8-13-10-17-7-6-14(13)15/h1-5,8-9,17H,6-7,10H2. The summed E-state index contributed by atoms with van der Waals surface area (Å²) in [7, 11) is 0. The highest BCUT2D eigenvalue weighted by Gasteiger charge is 2.14. The van der Waals surface area contributed by atoms with Crippen molar-refractivity contribution in [2.24, 2.45) is 0 Å². The van der Waals surface area contributed by atoms with Crippen LogP contribution in [0.4, 0.5) is 4.39 Å². The highest BCUT2D eigenvalue weighted by molar-refractivity contribution is 5.65. The molecule has 1 aliphatic rings. The topological polar surface area (TPSA) is 12.0 Å². The summed E-state index contributed by atoms with van der Waals surface area (Å²) in [5.74, 6) is -0.0668. The molecule has 0 unspecified atom stereocenters. The normalized spacial score (nSPS) is 14.4. The molecule has 1 aliphatic heterocycles. The molecule has 0 fully saturated rings. The van der Waals surface area contributed by atoms with Gasteiger partial charge in [-0.25, -0.2) is 4.39 Å². The monoisotopic (exact) mass is 227 g/mol. The van der Waals surface area contributed by atoms with Crippen molar-refractivity contribution < 1.29 is 4.39 Å². The van der Waals surface area contributed by atoms with Crippen molar-refractivity contribution >= 4 is 0 Å². The maximum absolute atomic E-state index is 14.0. The maximum Gasteiger partial charge on any atom is 0.127 e. The Morgan fingerprint density at radius 3 is 2.65 bits per heavy atom. The fourth-order valence-corrected chi connectivity index (χ4v) is 2.36. The third-order valence-corrected chi connectivity index (χ3v) is 3.26. The van der Waals surface area contributed by atoms with Gasteiger partial charge in [-0.3, -0.25) is 0 Å². The Morgan fingerprint density at radius 2 is 1.82 bits per heavy atom. The van der Waals surface area contributed by atoms with Gasteiger partial charge >= 0.3 is 0 Å². The Hall–Kier alpha value is -1.67. The van der Waals surface area contributed by atoms with Crippen LogP contribution in [0.25, 0.3) is 11.1 Å². The highest BCUT2D eigenvalue weighted by atomic mass is 19.1. The third kappa shape index (κ3) is 1.96. The van der Waals surface area contributed by atoms with Gasteiger partial charge < -0.3 is 5.32 Å². The molecule has 1 N–H and O–H groups in total. The number of benzene rings is 2. The summed E-state index contributed by atoms with van der Waals surface area (Å²) >= 11 is 0. The number of hydrogen-bond acceptors (Lipinski definition) is 1. The molecular weight excluding hydrogens is 213 g/mol. The zero-order chi connectivity index (χ0) is 11.7. The average Bonchev–Trinajstić information content (AvgIpc) is 2.40. The number of fused-ring (bicyclic) bond motifs is 1. The van der Waals surface area contributed by atoms with E-state index in [1.165, 1.54) is 0 Å². The van der Waals surface area contributed by atoms with Crippen molar-refractivity contribution in [1.29, 1.82) is 0 Å². The summed E-state index contributed by atoms with van der Waals surface area (Å²) in [4.78, 5) is 0. The largest absolute Gasteiger partial charge is 0.312 e. The van der Waals surface area contributed by atoms with E-state index in [1.807, 2.05) is 30.3 Å². The van der Waals surface area contributed by atoms with E-state index in [9.17, 15) is 4.39 Å². The predicted octanol–water partition coefficient (Wildman–Crippen LogP) is 3.14.